The number of carbonyl (C=O) groups is 1. The Kier molecular flexibility index (Phi) is 6.28. The predicted octanol–water partition coefficient (Wildman–Crippen LogP) is 1.46. The Hall–Kier alpha value is -2.43. The number of hydrogen-bond donors (Lipinski definition) is 0. The Morgan fingerprint density at radius 2 is 1.69 bits per heavy atom. The van der Waals surface area contributed by atoms with Crippen LogP contribution in [0.25, 0.3) is 0 Å². The first-order chi connectivity index (χ1) is 15.2. The summed E-state index contributed by atoms with van der Waals surface area (Å²) in [7, 11) is -5.31. The maximum absolute atomic E-state index is 13.2. The summed E-state index contributed by atoms with van der Waals surface area (Å²) in [6, 6.07) is 15.5. The lowest BCUT2D eigenvalue weighted by molar-refractivity contribution is 0.0747. The van der Waals surface area contributed by atoms with Crippen LogP contribution < -0.4 is 4.90 Å². The summed E-state index contributed by atoms with van der Waals surface area (Å²) in [5, 5.41) is 0. The van der Waals surface area contributed by atoms with E-state index in [1.165, 1.54) is 21.3 Å². The Morgan fingerprint density at radius 3 is 2.31 bits per heavy atom. The molecule has 2 aliphatic heterocycles. The highest BCUT2D eigenvalue weighted by Crippen LogP contribution is 2.23. The zero-order valence-corrected chi connectivity index (χ0v) is 19.6. The highest BCUT2D eigenvalue weighted by molar-refractivity contribution is 7.91. The van der Waals surface area contributed by atoms with Crippen LogP contribution in [0.5, 0.6) is 0 Å². The van der Waals surface area contributed by atoms with Crippen molar-refractivity contribution in [3.63, 3.8) is 0 Å². The Labute approximate surface area is 189 Å². The lowest BCUT2D eigenvalue weighted by Gasteiger charge is -2.35. The summed E-state index contributed by atoms with van der Waals surface area (Å²) >= 11 is 0. The van der Waals surface area contributed by atoms with Gasteiger partial charge in [-0.1, -0.05) is 24.3 Å². The zero-order valence-electron chi connectivity index (χ0n) is 17.9. The average molecular weight is 478 g/mol. The molecule has 172 valence electrons. The number of para-hydroxylation sites is 1. The summed E-state index contributed by atoms with van der Waals surface area (Å²) in [6.07, 6.45) is 0.397. The van der Waals surface area contributed by atoms with Crippen molar-refractivity contribution >= 4 is 31.5 Å². The number of piperazine rings is 1. The molecule has 0 saturated carbocycles. The topological polar surface area (TPSA) is 95.1 Å². The molecule has 2 aromatic carbocycles. The average Bonchev–Trinajstić information content (AvgIpc) is 3.18. The normalized spacial score (nSPS) is 21.4. The van der Waals surface area contributed by atoms with Gasteiger partial charge in [-0.2, -0.15) is 4.31 Å². The molecular formula is C22H27N3O5S2. The van der Waals surface area contributed by atoms with Crippen LogP contribution in [0.2, 0.25) is 0 Å². The molecule has 2 fully saturated rings. The molecule has 2 aromatic rings. The largest absolute Gasteiger partial charge is 0.369 e. The van der Waals surface area contributed by atoms with E-state index in [1.54, 1.807) is 19.2 Å². The molecule has 1 amide bonds. The predicted molar refractivity (Wildman–Crippen MR) is 123 cm³/mol. The molecule has 2 aliphatic rings. The van der Waals surface area contributed by atoms with Crippen molar-refractivity contribution in [3.8, 4) is 0 Å². The van der Waals surface area contributed by atoms with E-state index in [0.29, 0.717) is 32.6 Å². The van der Waals surface area contributed by atoms with Crippen molar-refractivity contribution in [1.29, 1.82) is 0 Å². The van der Waals surface area contributed by atoms with Gasteiger partial charge in [0.05, 0.1) is 16.4 Å². The first-order valence-electron chi connectivity index (χ1n) is 10.6. The van der Waals surface area contributed by atoms with E-state index >= 15 is 0 Å². The lowest BCUT2D eigenvalue weighted by atomic mass is 10.1. The van der Waals surface area contributed by atoms with Gasteiger partial charge in [-0.05, 0) is 36.8 Å². The van der Waals surface area contributed by atoms with Gasteiger partial charge in [0.25, 0.3) is 5.91 Å². The molecule has 0 unspecified atom stereocenters. The minimum atomic E-state index is -3.75. The van der Waals surface area contributed by atoms with Crippen LogP contribution in [0, 0.1) is 0 Å². The second-order valence-electron chi connectivity index (χ2n) is 8.23. The van der Waals surface area contributed by atoms with Gasteiger partial charge in [-0.25, -0.2) is 16.8 Å². The number of benzene rings is 2. The van der Waals surface area contributed by atoms with Crippen LogP contribution >= 0.6 is 0 Å². The molecule has 32 heavy (non-hydrogen) atoms. The van der Waals surface area contributed by atoms with E-state index in [0.717, 1.165) is 5.69 Å². The van der Waals surface area contributed by atoms with Crippen molar-refractivity contribution in [1.82, 2.24) is 9.21 Å². The minimum Gasteiger partial charge on any atom is -0.369 e. The van der Waals surface area contributed by atoms with Gasteiger partial charge >= 0.3 is 0 Å². The third kappa shape index (κ3) is 4.67. The maximum atomic E-state index is 13.2. The second kappa shape index (κ2) is 8.84. The fourth-order valence-corrected chi connectivity index (χ4v) is 7.46. The van der Waals surface area contributed by atoms with Gasteiger partial charge in [-0.3, -0.25) is 4.79 Å². The number of anilines is 1. The maximum Gasteiger partial charge on any atom is 0.253 e. The second-order valence-corrected chi connectivity index (χ2v) is 12.4. The van der Waals surface area contributed by atoms with E-state index < -0.39 is 19.9 Å². The summed E-state index contributed by atoms with van der Waals surface area (Å²) in [5.41, 5.74) is 1.30. The number of rotatable bonds is 5. The highest BCUT2D eigenvalue weighted by Gasteiger charge is 2.34. The quantitative estimate of drug-likeness (QED) is 0.647. The van der Waals surface area contributed by atoms with E-state index in [1.807, 2.05) is 30.3 Å². The van der Waals surface area contributed by atoms with E-state index in [2.05, 4.69) is 4.90 Å². The molecule has 0 radical (unpaired) electrons. The molecule has 0 bridgehead atoms. The smallest absolute Gasteiger partial charge is 0.253 e. The molecule has 2 heterocycles. The van der Waals surface area contributed by atoms with Gasteiger partial charge in [0.2, 0.25) is 10.0 Å². The van der Waals surface area contributed by atoms with Gasteiger partial charge in [0.15, 0.2) is 9.84 Å². The molecule has 0 N–H and O–H groups in total. The number of sulfonamides is 1. The fraction of sp³-hybridized carbons (Fsp3) is 0.409. The summed E-state index contributed by atoms with van der Waals surface area (Å²) < 4.78 is 51.4. The molecule has 1 atom stereocenters. The minimum absolute atomic E-state index is 0.0566. The van der Waals surface area contributed by atoms with Gasteiger partial charge in [0.1, 0.15) is 0 Å². The van der Waals surface area contributed by atoms with Crippen molar-refractivity contribution in [2.45, 2.75) is 17.4 Å². The van der Waals surface area contributed by atoms with E-state index in [4.69, 9.17) is 0 Å². The molecule has 2 saturated heterocycles. The van der Waals surface area contributed by atoms with Crippen LogP contribution in [0.1, 0.15) is 16.8 Å². The van der Waals surface area contributed by atoms with E-state index in [-0.39, 0.29) is 33.9 Å². The van der Waals surface area contributed by atoms with Crippen molar-refractivity contribution < 1.29 is 21.6 Å². The molecule has 4 rings (SSSR count). The van der Waals surface area contributed by atoms with Crippen molar-refractivity contribution in [2.75, 3.05) is 49.6 Å². The molecule has 0 aliphatic carbocycles. The molecular weight excluding hydrogens is 450 g/mol. The van der Waals surface area contributed by atoms with Gasteiger partial charge in [-0.15, -0.1) is 0 Å². The highest BCUT2D eigenvalue weighted by atomic mass is 32.2. The van der Waals surface area contributed by atoms with Crippen LogP contribution in [-0.4, -0.2) is 82.7 Å². The number of hydrogen-bond acceptors (Lipinski definition) is 6. The number of sulfone groups is 1. The SMILES string of the molecule is CN(C(=O)c1cccc(S(=O)(=O)N2CCN(c3ccccc3)CC2)c1)[C@@H]1CCS(=O)(=O)C1. The van der Waals surface area contributed by atoms with Crippen LogP contribution in [-0.2, 0) is 19.9 Å². The Morgan fingerprint density at radius 1 is 1.00 bits per heavy atom. The summed E-state index contributed by atoms with van der Waals surface area (Å²) in [5.74, 6) is -0.365. The molecule has 10 heteroatoms. The first-order valence-corrected chi connectivity index (χ1v) is 13.8. The molecule has 0 spiro atoms. The van der Waals surface area contributed by atoms with Crippen molar-refractivity contribution in [3.05, 3.63) is 60.2 Å². The Bertz CT molecular complexity index is 1190. The molecule has 8 nitrogen and oxygen atoms in total. The number of nitrogens with zero attached hydrogens (tertiary/aromatic N) is 3. The van der Waals surface area contributed by atoms with E-state index in [9.17, 15) is 21.6 Å². The number of amides is 1. The number of carbonyl (C=O) groups excluding carboxylic acids is 1. The Balaban J connectivity index is 1.47. The zero-order chi connectivity index (χ0) is 22.9. The van der Waals surface area contributed by atoms with Gasteiger partial charge in [0, 0.05) is 50.5 Å². The summed E-state index contributed by atoms with van der Waals surface area (Å²) in [6.45, 7) is 1.88. The first kappa shape index (κ1) is 22.8. The van der Waals surface area contributed by atoms with Crippen LogP contribution in [0.15, 0.2) is 59.5 Å². The lowest BCUT2D eigenvalue weighted by Crippen LogP contribution is -2.48. The standard InChI is InChI=1S/C22H27N3O5S2/c1-23(20-10-15-31(27,28)17-20)22(26)18-6-5-9-21(16-18)32(29,30)25-13-11-24(12-14-25)19-7-3-2-4-8-19/h2-9,16,20H,10-15,17H2,1H3/t20-/m1/s1. The molecule has 0 aromatic heterocycles. The summed E-state index contributed by atoms with van der Waals surface area (Å²) in [4.78, 5) is 16.5. The van der Waals surface area contributed by atoms with Crippen LogP contribution in [0.3, 0.4) is 0 Å². The van der Waals surface area contributed by atoms with Gasteiger partial charge < -0.3 is 9.80 Å². The van der Waals surface area contributed by atoms with Crippen molar-refractivity contribution in [2.24, 2.45) is 0 Å². The fourth-order valence-electron chi connectivity index (χ4n) is 4.21. The third-order valence-electron chi connectivity index (χ3n) is 6.16. The monoisotopic (exact) mass is 477 g/mol. The van der Waals surface area contributed by atoms with Crippen LogP contribution in [0.4, 0.5) is 5.69 Å². The third-order valence-corrected chi connectivity index (χ3v) is 9.80.